The zero-order valence-electron chi connectivity index (χ0n) is 14.2. The molecule has 0 unspecified atom stereocenters. The highest BCUT2D eigenvalue weighted by molar-refractivity contribution is 7.22. The van der Waals surface area contributed by atoms with Crippen LogP contribution in [-0.2, 0) is 14.4 Å². The number of rotatable bonds is 5. The monoisotopic (exact) mass is 369 g/mol. The van der Waals surface area contributed by atoms with Crippen LogP contribution in [0.5, 0.6) is 0 Å². The molecule has 1 aromatic carbocycles. The molecule has 1 N–H and O–H groups in total. The van der Waals surface area contributed by atoms with E-state index in [0.29, 0.717) is 30.9 Å². The van der Waals surface area contributed by atoms with Gasteiger partial charge in [-0.1, -0.05) is 35.6 Å². The minimum atomic E-state index is -0.205. The molecule has 6 nitrogen and oxygen atoms in total. The Morgan fingerprint density at radius 3 is 2.54 bits per heavy atom. The molecule has 0 spiro atoms. The van der Waals surface area contributed by atoms with Crippen molar-refractivity contribution in [3.8, 4) is 0 Å². The van der Waals surface area contributed by atoms with Crippen LogP contribution in [0.3, 0.4) is 0 Å². The Labute approximate surface area is 154 Å². The summed E-state index contributed by atoms with van der Waals surface area (Å²) in [5, 5.41) is 3.37. The number of allylic oxidation sites excluding steroid dienone is 2. The normalized spacial score (nSPS) is 22.1. The first-order valence-electron chi connectivity index (χ1n) is 8.79. The van der Waals surface area contributed by atoms with Gasteiger partial charge in [-0.3, -0.25) is 19.3 Å². The predicted molar refractivity (Wildman–Crippen MR) is 99.6 cm³/mol. The van der Waals surface area contributed by atoms with Crippen LogP contribution in [-0.4, -0.2) is 34.2 Å². The molecule has 0 saturated carbocycles. The van der Waals surface area contributed by atoms with E-state index in [-0.39, 0.29) is 36.0 Å². The molecular weight excluding hydrogens is 350 g/mol. The van der Waals surface area contributed by atoms with E-state index in [0.717, 1.165) is 10.2 Å². The number of likely N-dealkylation sites (tertiary alicyclic amines) is 1. The molecule has 26 heavy (non-hydrogen) atoms. The molecule has 1 fully saturated rings. The van der Waals surface area contributed by atoms with Gasteiger partial charge in [0.15, 0.2) is 5.13 Å². The first-order chi connectivity index (χ1) is 12.6. The molecule has 1 aliphatic carbocycles. The second-order valence-electron chi connectivity index (χ2n) is 6.62. The number of hydrogen-bond acceptors (Lipinski definition) is 5. The molecule has 1 aromatic heterocycles. The van der Waals surface area contributed by atoms with Crippen molar-refractivity contribution in [3.63, 3.8) is 0 Å². The van der Waals surface area contributed by atoms with Crippen molar-refractivity contribution < 1.29 is 14.4 Å². The number of amides is 3. The molecule has 2 atom stereocenters. The maximum atomic E-state index is 12.4. The van der Waals surface area contributed by atoms with E-state index >= 15 is 0 Å². The Morgan fingerprint density at radius 2 is 1.85 bits per heavy atom. The Balaban J connectivity index is 1.30. The Morgan fingerprint density at radius 1 is 1.15 bits per heavy atom. The van der Waals surface area contributed by atoms with E-state index in [4.69, 9.17) is 0 Å². The lowest BCUT2D eigenvalue weighted by Gasteiger charge is -2.14. The summed E-state index contributed by atoms with van der Waals surface area (Å²) < 4.78 is 1.02. The van der Waals surface area contributed by atoms with Crippen molar-refractivity contribution in [1.82, 2.24) is 9.88 Å². The average Bonchev–Trinajstić information content (AvgIpc) is 3.15. The number of aromatic nitrogens is 1. The number of imide groups is 1. The Kier molecular flexibility index (Phi) is 4.55. The fourth-order valence-electron chi connectivity index (χ4n) is 3.59. The number of carbonyl (C=O) groups excluding carboxylic acids is 3. The SMILES string of the molecule is O=C(CCCN1C(=O)[C@H]2CC=CC[C@H]2C1=O)Nc1nc2ccccc2s1. The average molecular weight is 369 g/mol. The number of hydrogen-bond donors (Lipinski definition) is 1. The van der Waals surface area contributed by atoms with Crippen molar-refractivity contribution >= 4 is 44.4 Å². The summed E-state index contributed by atoms with van der Waals surface area (Å²) in [5.74, 6) is -0.734. The standard InChI is InChI=1S/C19H19N3O3S/c23-16(21-19-20-14-8-3-4-9-15(14)26-19)10-5-11-22-17(24)12-6-1-2-7-13(12)18(22)25/h1-4,8-9,12-13H,5-7,10-11H2,(H,20,21,23)/t12-,13+. The van der Waals surface area contributed by atoms with Gasteiger partial charge in [0, 0.05) is 13.0 Å². The van der Waals surface area contributed by atoms with Gasteiger partial charge in [-0.05, 0) is 31.4 Å². The Bertz CT molecular complexity index is 845. The molecular formula is C19H19N3O3S. The van der Waals surface area contributed by atoms with Crippen molar-refractivity contribution in [3.05, 3.63) is 36.4 Å². The van der Waals surface area contributed by atoms with E-state index in [9.17, 15) is 14.4 Å². The summed E-state index contributed by atoms with van der Waals surface area (Å²) in [6.07, 6.45) is 5.94. The summed E-state index contributed by atoms with van der Waals surface area (Å²) in [4.78, 5) is 42.6. The van der Waals surface area contributed by atoms with Gasteiger partial charge in [0.25, 0.3) is 0 Å². The summed E-state index contributed by atoms with van der Waals surface area (Å²) in [6, 6.07) is 7.70. The zero-order chi connectivity index (χ0) is 18.1. The van der Waals surface area contributed by atoms with E-state index < -0.39 is 0 Å². The third-order valence-corrected chi connectivity index (χ3v) is 5.88. The van der Waals surface area contributed by atoms with Gasteiger partial charge in [0.1, 0.15) is 0 Å². The molecule has 2 aromatic rings. The third-order valence-electron chi connectivity index (χ3n) is 4.92. The Hall–Kier alpha value is -2.54. The fourth-order valence-corrected chi connectivity index (χ4v) is 4.48. The fraction of sp³-hybridized carbons (Fsp3) is 0.368. The van der Waals surface area contributed by atoms with Crippen molar-refractivity contribution in [2.75, 3.05) is 11.9 Å². The minimum Gasteiger partial charge on any atom is -0.302 e. The second-order valence-corrected chi connectivity index (χ2v) is 7.65. The quantitative estimate of drug-likeness (QED) is 0.649. The molecule has 134 valence electrons. The summed E-state index contributed by atoms with van der Waals surface area (Å²) in [6.45, 7) is 0.304. The number of fused-ring (bicyclic) bond motifs is 2. The van der Waals surface area contributed by atoms with Gasteiger partial charge >= 0.3 is 0 Å². The highest BCUT2D eigenvalue weighted by Crippen LogP contribution is 2.35. The van der Waals surface area contributed by atoms with Gasteiger partial charge in [-0.15, -0.1) is 0 Å². The molecule has 7 heteroatoms. The number of anilines is 1. The van der Waals surface area contributed by atoms with Gasteiger partial charge in [-0.2, -0.15) is 0 Å². The number of benzene rings is 1. The molecule has 2 aliphatic rings. The van der Waals surface area contributed by atoms with Crippen molar-refractivity contribution in [1.29, 1.82) is 0 Å². The third kappa shape index (κ3) is 3.14. The number of thiazole rings is 1. The first kappa shape index (κ1) is 16.9. The van der Waals surface area contributed by atoms with Crippen LogP contribution < -0.4 is 5.32 Å². The van der Waals surface area contributed by atoms with Crippen LogP contribution in [0.25, 0.3) is 10.2 Å². The lowest BCUT2D eigenvalue weighted by Crippen LogP contribution is -2.32. The van der Waals surface area contributed by atoms with E-state index in [1.54, 1.807) is 0 Å². The lowest BCUT2D eigenvalue weighted by atomic mass is 9.85. The summed E-state index contributed by atoms with van der Waals surface area (Å²) in [5.41, 5.74) is 0.859. The molecule has 0 bridgehead atoms. The van der Waals surface area contributed by atoms with Crippen LogP contribution in [0.2, 0.25) is 0 Å². The molecule has 1 saturated heterocycles. The zero-order valence-corrected chi connectivity index (χ0v) is 15.0. The molecule has 1 aliphatic heterocycles. The van der Waals surface area contributed by atoms with Gasteiger partial charge in [-0.25, -0.2) is 4.98 Å². The lowest BCUT2D eigenvalue weighted by molar-refractivity contribution is -0.140. The van der Waals surface area contributed by atoms with Gasteiger partial charge in [0.2, 0.25) is 17.7 Å². The summed E-state index contributed by atoms with van der Waals surface area (Å²) in [7, 11) is 0. The first-order valence-corrected chi connectivity index (χ1v) is 9.61. The molecule has 0 radical (unpaired) electrons. The topological polar surface area (TPSA) is 79.4 Å². The number of nitrogens with zero attached hydrogens (tertiary/aromatic N) is 2. The number of nitrogens with one attached hydrogen (secondary N) is 1. The summed E-state index contributed by atoms with van der Waals surface area (Å²) >= 11 is 1.43. The van der Waals surface area contributed by atoms with E-state index in [2.05, 4.69) is 10.3 Å². The van der Waals surface area contributed by atoms with Crippen molar-refractivity contribution in [2.24, 2.45) is 11.8 Å². The van der Waals surface area contributed by atoms with E-state index in [1.165, 1.54) is 16.2 Å². The second kappa shape index (κ2) is 6.99. The highest BCUT2D eigenvalue weighted by atomic mass is 32.1. The van der Waals surface area contributed by atoms with Crippen LogP contribution in [0.15, 0.2) is 36.4 Å². The highest BCUT2D eigenvalue weighted by Gasteiger charge is 2.46. The minimum absolute atomic E-state index is 0.0871. The van der Waals surface area contributed by atoms with Gasteiger partial charge in [0.05, 0.1) is 22.1 Å². The van der Waals surface area contributed by atoms with Crippen LogP contribution in [0, 0.1) is 11.8 Å². The predicted octanol–water partition coefficient (Wildman–Crippen LogP) is 2.97. The number of carbonyl (C=O) groups is 3. The van der Waals surface area contributed by atoms with E-state index in [1.807, 2.05) is 36.4 Å². The largest absolute Gasteiger partial charge is 0.302 e. The molecule has 2 heterocycles. The van der Waals surface area contributed by atoms with Gasteiger partial charge < -0.3 is 5.32 Å². The smallest absolute Gasteiger partial charge is 0.233 e. The number of para-hydroxylation sites is 1. The van der Waals surface area contributed by atoms with Crippen LogP contribution in [0.4, 0.5) is 5.13 Å². The van der Waals surface area contributed by atoms with Crippen molar-refractivity contribution in [2.45, 2.75) is 25.7 Å². The molecule has 4 rings (SSSR count). The maximum Gasteiger partial charge on any atom is 0.233 e. The molecule has 3 amide bonds. The maximum absolute atomic E-state index is 12.4. The van der Waals surface area contributed by atoms with Crippen LogP contribution in [0.1, 0.15) is 25.7 Å². The van der Waals surface area contributed by atoms with Crippen LogP contribution >= 0.6 is 11.3 Å².